The van der Waals surface area contributed by atoms with Gasteiger partial charge >= 0.3 is 5.97 Å². The standard InChI is InChI=1S/C18H15BrN2O5/c1-24-16-10-12(18(23)25-9-8-20)2-7-15(16)26-11-17(22)21-14-5-3-13(19)4-6-14/h2-7,10H,9,11H2,1H3,(H,21,22). The number of esters is 1. The average molecular weight is 419 g/mol. The summed E-state index contributed by atoms with van der Waals surface area (Å²) in [7, 11) is 1.41. The smallest absolute Gasteiger partial charge is 0.339 e. The van der Waals surface area contributed by atoms with E-state index in [9.17, 15) is 9.59 Å². The molecule has 0 aliphatic carbocycles. The molecule has 1 N–H and O–H groups in total. The lowest BCUT2D eigenvalue weighted by molar-refractivity contribution is -0.118. The van der Waals surface area contributed by atoms with Gasteiger partial charge in [-0.2, -0.15) is 5.26 Å². The summed E-state index contributed by atoms with van der Waals surface area (Å²) in [6.45, 7) is -0.569. The molecule has 0 heterocycles. The van der Waals surface area contributed by atoms with Gasteiger partial charge in [-0.25, -0.2) is 4.79 Å². The first-order chi connectivity index (χ1) is 12.5. The Balaban J connectivity index is 1.98. The minimum atomic E-state index is -0.649. The maximum Gasteiger partial charge on any atom is 0.339 e. The van der Waals surface area contributed by atoms with Gasteiger partial charge in [0.1, 0.15) is 6.07 Å². The number of carbonyl (C=O) groups is 2. The van der Waals surface area contributed by atoms with E-state index in [-0.39, 0.29) is 30.4 Å². The zero-order chi connectivity index (χ0) is 18.9. The van der Waals surface area contributed by atoms with Crippen LogP contribution in [0.25, 0.3) is 0 Å². The predicted molar refractivity (Wildman–Crippen MR) is 97.2 cm³/mol. The van der Waals surface area contributed by atoms with Gasteiger partial charge in [0.15, 0.2) is 24.7 Å². The quantitative estimate of drug-likeness (QED) is 0.693. The Labute approximate surface area is 158 Å². The second kappa shape index (κ2) is 9.44. The van der Waals surface area contributed by atoms with E-state index in [2.05, 4.69) is 21.2 Å². The van der Waals surface area contributed by atoms with Crippen molar-refractivity contribution in [3.8, 4) is 17.6 Å². The average Bonchev–Trinajstić information content (AvgIpc) is 2.66. The summed E-state index contributed by atoms with van der Waals surface area (Å²) in [5.74, 6) is -0.417. The zero-order valence-electron chi connectivity index (χ0n) is 13.8. The molecule has 0 radical (unpaired) electrons. The summed E-state index contributed by atoms with van der Waals surface area (Å²) in [4.78, 5) is 23.7. The van der Waals surface area contributed by atoms with Gasteiger partial charge in [-0.15, -0.1) is 0 Å². The van der Waals surface area contributed by atoms with Crippen LogP contribution in [0.15, 0.2) is 46.9 Å². The molecular formula is C18H15BrN2O5. The van der Waals surface area contributed by atoms with Crippen molar-refractivity contribution in [3.63, 3.8) is 0 Å². The van der Waals surface area contributed by atoms with E-state index in [4.69, 9.17) is 19.5 Å². The molecule has 134 valence electrons. The third-order valence-electron chi connectivity index (χ3n) is 3.15. The first-order valence-electron chi connectivity index (χ1n) is 7.44. The number of carbonyl (C=O) groups excluding carboxylic acids is 2. The molecule has 0 spiro atoms. The molecular weight excluding hydrogens is 404 g/mol. The van der Waals surface area contributed by atoms with Crippen LogP contribution in [0.1, 0.15) is 10.4 Å². The normalized spacial score (nSPS) is 9.73. The van der Waals surface area contributed by atoms with Crippen LogP contribution in [-0.4, -0.2) is 32.2 Å². The number of halogens is 1. The van der Waals surface area contributed by atoms with Crippen LogP contribution >= 0.6 is 15.9 Å². The van der Waals surface area contributed by atoms with E-state index in [1.54, 1.807) is 18.2 Å². The van der Waals surface area contributed by atoms with Gasteiger partial charge in [0.2, 0.25) is 0 Å². The lowest BCUT2D eigenvalue weighted by Gasteiger charge is -2.12. The summed E-state index contributed by atoms with van der Waals surface area (Å²) in [5, 5.41) is 11.1. The lowest BCUT2D eigenvalue weighted by Crippen LogP contribution is -2.20. The Morgan fingerprint density at radius 1 is 1.15 bits per heavy atom. The van der Waals surface area contributed by atoms with E-state index in [1.165, 1.54) is 25.3 Å². The molecule has 2 aromatic carbocycles. The molecule has 0 fully saturated rings. The maximum absolute atomic E-state index is 12.0. The van der Waals surface area contributed by atoms with Crippen LogP contribution in [0.5, 0.6) is 11.5 Å². The van der Waals surface area contributed by atoms with Crippen molar-refractivity contribution < 1.29 is 23.8 Å². The molecule has 7 nitrogen and oxygen atoms in total. The molecule has 0 aromatic heterocycles. The SMILES string of the molecule is COc1cc(C(=O)OCC#N)ccc1OCC(=O)Nc1ccc(Br)cc1. The van der Waals surface area contributed by atoms with E-state index in [0.29, 0.717) is 11.4 Å². The predicted octanol–water partition coefficient (Wildman–Crippen LogP) is 3.16. The molecule has 26 heavy (non-hydrogen) atoms. The molecule has 0 aliphatic rings. The van der Waals surface area contributed by atoms with Gasteiger partial charge in [0, 0.05) is 10.2 Å². The minimum absolute atomic E-state index is 0.212. The van der Waals surface area contributed by atoms with Crippen LogP contribution in [0.2, 0.25) is 0 Å². The van der Waals surface area contributed by atoms with Gasteiger partial charge < -0.3 is 19.5 Å². The highest BCUT2D eigenvalue weighted by Gasteiger charge is 2.13. The number of benzene rings is 2. The highest BCUT2D eigenvalue weighted by molar-refractivity contribution is 9.10. The molecule has 2 aromatic rings. The van der Waals surface area contributed by atoms with Crippen molar-refractivity contribution >= 4 is 33.5 Å². The number of methoxy groups -OCH3 is 1. The molecule has 0 saturated carbocycles. The molecule has 2 rings (SSSR count). The molecule has 0 atom stereocenters. The summed E-state index contributed by atoms with van der Waals surface area (Å²) in [6.07, 6.45) is 0. The Morgan fingerprint density at radius 3 is 2.54 bits per heavy atom. The maximum atomic E-state index is 12.0. The van der Waals surface area contributed by atoms with Crippen molar-refractivity contribution in [2.24, 2.45) is 0 Å². The Bertz CT molecular complexity index is 830. The van der Waals surface area contributed by atoms with Crippen molar-refractivity contribution in [1.82, 2.24) is 0 Å². The second-order valence-corrected chi connectivity index (χ2v) is 5.86. The fourth-order valence-electron chi connectivity index (χ4n) is 1.97. The summed E-state index contributed by atoms with van der Waals surface area (Å²) in [5.41, 5.74) is 0.855. The van der Waals surface area contributed by atoms with Crippen LogP contribution in [0.3, 0.4) is 0 Å². The Morgan fingerprint density at radius 2 is 1.88 bits per heavy atom. The number of nitrogens with one attached hydrogen (secondary N) is 1. The number of anilines is 1. The number of nitrogens with zero attached hydrogens (tertiary/aromatic N) is 1. The topological polar surface area (TPSA) is 97.7 Å². The van der Waals surface area contributed by atoms with Crippen LogP contribution in [0.4, 0.5) is 5.69 Å². The van der Waals surface area contributed by atoms with Crippen molar-refractivity contribution in [2.45, 2.75) is 0 Å². The van der Waals surface area contributed by atoms with E-state index in [1.807, 2.05) is 12.1 Å². The van der Waals surface area contributed by atoms with E-state index < -0.39 is 5.97 Å². The number of hydrogen-bond donors (Lipinski definition) is 1. The van der Waals surface area contributed by atoms with E-state index >= 15 is 0 Å². The van der Waals surface area contributed by atoms with Gasteiger partial charge in [-0.1, -0.05) is 15.9 Å². The molecule has 0 unspecified atom stereocenters. The van der Waals surface area contributed by atoms with Gasteiger partial charge in [0.05, 0.1) is 12.7 Å². The third kappa shape index (κ3) is 5.50. The van der Waals surface area contributed by atoms with Crippen LogP contribution in [-0.2, 0) is 9.53 Å². The Hall–Kier alpha value is -3.05. The summed E-state index contributed by atoms with van der Waals surface area (Å²) >= 11 is 3.32. The van der Waals surface area contributed by atoms with Crippen molar-refractivity contribution in [3.05, 3.63) is 52.5 Å². The molecule has 0 saturated heterocycles. The Kier molecular flexibility index (Phi) is 7.00. The minimum Gasteiger partial charge on any atom is -0.493 e. The lowest BCUT2D eigenvalue weighted by atomic mass is 10.2. The monoisotopic (exact) mass is 418 g/mol. The molecule has 8 heteroatoms. The summed E-state index contributed by atoms with van der Waals surface area (Å²) in [6, 6.07) is 13.2. The first kappa shape index (κ1) is 19.3. The number of nitriles is 1. The molecule has 0 bridgehead atoms. The zero-order valence-corrected chi connectivity index (χ0v) is 15.4. The van der Waals surface area contributed by atoms with Gasteiger partial charge in [0.25, 0.3) is 5.91 Å². The third-order valence-corrected chi connectivity index (χ3v) is 3.68. The molecule has 0 aliphatic heterocycles. The fourth-order valence-corrected chi connectivity index (χ4v) is 2.23. The van der Waals surface area contributed by atoms with E-state index in [0.717, 1.165) is 4.47 Å². The first-order valence-corrected chi connectivity index (χ1v) is 8.23. The molecule has 1 amide bonds. The highest BCUT2D eigenvalue weighted by Crippen LogP contribution is 2.28. The number of hydrogen-bond acceptors (Lipinski definition) is 6. The number of ether oxygens (including phenoxy) is 3. The van der Waals surface area contributed by atoms with Crippen molar-refractivity contribution in [2.75, 3.05) is 25.6 Å². The number of rotatable bonds is 7. The van der Waals surface area contributed by atoms with Crippen LogP contribution < -0.4 is 14.8 Å². The van der Waals surface area contributed by atoms with Gasteiger partial charge in [-0.3, -0.25) is 4.79 Å². The summed E-state index contributed by atoms with van der Waals surface area (Å²) < 4.78 is 16.3. The van der Waals surface area contributed by atoms with Gasteiger partial charge in [-0.05, 0) is 42.5 Å². The van der Waals surface area contributed by atoms with Crippen LogP contribution in [0, 0.1) is 11.3 Å². The number of amides is 1. The fraction of sp³-hybridized carbons (Fsp3) is 0.167. The second-order valence-electron chi connectivity index (χ2n) is 4.94. The highest BCUT2D eigenvalue weighted by atomic mass is 79.9. The largest absolute Gasteiger partial charge is 0.493 e. The van der Waals surface area contributed by atoms with Crippen molar-refractivity contribution in [1.29, 1.82) is 5.26 Å².